The van der Waals surface area contributed by atoms with Crippen LogP contribution in [0.5, 0.6) is 0 Å². The van der Waals surface area contributed by atoms with E-state index < -0.39 is 0 Å². The maximum absolute atomic E-state index is 9.89. The van der Waals surface area contributed by atoms with Crippen LogP contribution in [0.15, 0.2) is 46.9 Å². The smallest absolute Gasteiger partial charge is 0.0693 e. The number of benzene rings is 2. The van der Waals surface area contributed by atoms with Crippen LogP contribution in [0.1, 0.15) is 35.1 Å². The van der Waals surface area contributed by atoms with E-state index in [0.717, 1.165) is 36.6 Å². The molecule has 1 aliphatic carbocycles. The van der Waals surface area contributed by atoms with E-state index >= 15 is 0 Å². The highest BCUT2D eigenvalue weighted by Gasteiger charge is 2.32. The fourth-order valence-electron chi connectivity index (χ4n) is 3.47. The summed E-state index contributed by atoms with van der Waals surface area (Å²) in [6.07, 6.45) is 4.79. The Morgan fingerprint density at radius 3 is 2.27 bits per heavy atom. The Morgan fingerprint density at radius 2 is 1.73 bits per heavy atom. The number of hydrogen-bond donors (Lipinski definition) is 0. The molecule has 0 aromatic heterocycles. The summed E-state index contributed by atoms with van der Waals surface area (Å²) in [5, 5.41) is 9.89. The lowest BCUT2D eigenvalue weighted by Gasteiger charge is -2.25. The third-order valence-corrected chi connectivity index (χ3v) is 5.43. The van der Waals surface area contributed by atoms with Gasteiger partial charge in [-0.2, -0.15) is 5.26 Å². The standard InChI is InChI=1S/C20H20BrN/c1-15-12-19(21)7-6-18(15)13-20(14-22)10-8-16-4-2-3-5-17(16)9-11-20/h2-7,12H,8-11,13H2,1H3. The molecule has 0 aliphatic heterocycles. The topological polar surface area (TPSA) is 23.8 Å². The lowest BCUT2D eigenvalue weighted by Crippen LogP contribution is -2.22. The third-order valence-electron chi connectivity index (χ3n) is 4.93. The Labute approximate surface area is 141 Å². The molecule has 0 radical (unpaired) electrons. The Balaban J connectivity index is 1.86. The van der Waals surface area contributed by atoms with Gasteiger partial charge in [-0.15, -0.1) is 0 Å². The van der Waals surface area contributed by atoms with Gasteiger partial charge in [-0.1, -0.05) is 46.3 Å². The Morgan fingerprint density at radius 1 is 1.09 bits per heavy atom. The van der Waals surface area contributed by atoms with Gasteiger partial charge in [0.1, 0.15) is 0 Å². The first kappa shape index (κ1) is 15.3. The van der Waals surface area contributed by atoms with Crippen LogP contribution in [0.4, 0.5) is 0 Å². The highest BCUT2D eigenvalue weighted by molar-refractivity contribution is 9.10. The van der Waals surface area contributed by atoms with Gasteiger partial charge in [-0.3, -0.25) is 0 Å². The molecular formula is C20H20BrN. The quantitative estimate of drug-likeness (QED) is 0.664. The van der Waals surface area contributed by atoms with E-state index in [4.69, 9.17) is 0 Å². The van der Waals surface area contributed by atoms with Crippen molar-refractivity contribution in [2.45, 2.75) is 39.0 Å². The monoisotopic (exact) mass is 353 g/mol. The van der Waals surface area contributed by atoms with Gasteiger partial charge in [0.25, 0.3) is 0 Å². The Bertz CT molecular complexity index is 700. The molecule has 0 amide bonds. The van der Waals surface area contributed by atoms with Gasteiger partial charge < -0.3 is 0 Å². The molecule has 112 valence electrons. The van der Waals surface area contributed by atoms with E-state index in [1.54, 1.807) is 0 Å². The molecule has 0 saturated carbocycles. The lowest BCUT2D eigenvalue weighted by atomic mass is 9.75. The summed E-state index contributed by atoms with van der Waals surface area (Å²) >= 11 is 3.52. The second-order valence-electron chi connectivity index (χ2n) is 6.41. The van der Waals surface area contributed by atoms with Crippen LogP contribution in [0, 0.1) is 23.7 Å². The van der Waals surface area contributed by atoms with Crippen LogP contribution in [-0.2, 0) is 19.3 Å². The number of nitrogens with zero attached hydrogens (tertiary/aromatic N) is 1. The molecule has 1 aliphatic rings. The molecule has 0 heterocycles. The van der Waals surface area contributed by atoms with Crippen LogP contribution >= 0.6 is 15.9 Å². The van der Waals surface area contributed by atoms with Gasteiger partial charge in [0.05, 0.1) is 11.5 Å². The van der Waals surface area contributed by atoms with Gasteiger partial charge in [-0.05, 0) is 73.4 Å². The highest BCUT2D eigenvalue weighted by Crippen LogP contribution is 2.38. The van der Waals surface area contributed by atoms with Gasteiger partial charge >= 0.3 is 0 Å². The first-order valence-corrected chi connectivity index (χ1v) is 8.64. The molecule has 0 bridgehead atoms. The summed E-state index contributed by atoms with van der Waals surface area (Å²) < 4.78 is 1.10. The minimum absolute atomic E-state index is 0.238. The normalized spacial score (nSPS) is 16.4. The van der Waals surface area contributed by atoms with Gasteiger partial charge in [0.2, 0.25) is 0 Å². The van der Waals surface area contributed by atoms with Crippen molar-refractivity contribution in [2.75, 3.05) is 0 Å². The van der Waals surface area contributed by atoms with Crippen LogP contribution in [0.25, 0.3) is 0 Å². The maximum atomic E-state index is 9.89. The van der Waals surface area contributed by atoms with Crippen molar-refractivity contribution < 1.29 is 0 Å². The fourth-order valence-corrected chi connectivity index (χ4v) is 3.94. The number of hydrogen-bond acceptors (Lipinski definition) is 1. The molecule has 2 heteroatoms. The van der Waals surface area contributed by atoms with E-state index in [0.29, 0.717) is 0 Å². The fraction of sp³-hybridized carbons (Fsp3) is 0.350. The summed E-state index contributed by atoms with van der Waals surface area (Å²) in [6.45, 7) is 2.14. The van der Waals surface area contributed by atoms with E-state index in [2.05, 4.69) is 71.4 Å². The predicted molar refractivity (Wildman–Crippen MR) is 93.7 cm³/mol. The maximum Gasteiger partial charge on any atom is 0.0693 e. The van der Waals surface area contributed by atoms with E-state index in [9.17, 15) is 5.26 Å². The molecular weight excluding hydrogens is 334 g/mol. The van der Waals surface area contributed by atoms with Gasteiger partial charge in [0.15, 0.2) is 0 Å². The molecule has 22 heavy (non-hydrogen) atoms. The molecule has 3 rings (SSSR count). The lowest BCUT2D eigenvalue weighted by molar-refractivity contribution is 0.341. The van der Waals surface area contributed by atoms with Crippen LogP contribution in [-0.4, -0.2) is 0 Å². The van der Waals surface area contributed by atoms with Gasteiger partial charge in [-0.25, -0.2) is 0 Å². The first-order valence-electron chi connectivity index (χ1n) is 7.85. The summed E-state index contributed by atoms with van der Waals surface area (Å²) in [7, 11) is 0. The van der Waals surface area contributed by atoms with E-state index in [1.165, 1.54) is 22.3 Å². The van der Waals surface area contributed by atoms with Crippen molar-refractivity contribution >= 4 is 15.9 Å². The molecule has 2 aromatic rings. The highest BCUT2D eigenvalue weighted by atomic mass is 79.9. The van der Waals surface area contributed by atoms with Crippen LogP contribution in [0.3, 0.4) is 0 Å². The Kier molecular flexibility index (Phi) is 4.36. The zero-order chi connectivity index (χ0) is 15.6. The van der Waals surface area contributed by atoms with Crippen molar-refractivity contribution in [1.29, 1.82) is 5.26 Å². The second-order valence-corrected chi connectivity index (χ2v) is 7.32. The molecule has 0 unspecified atom stereocenters. The first-order chi connectivity index (χ1) is 10.6. The average Bonchev–Trinajstić information content (AvgIpc) is 2.71. The molecule has 2 aromatic carbocycles. The summed E-state index contributed by atoms with van der Waals surface area (Å²) in [5.74, 6) is 0. The number of rotatable bonds is 2. The predicted octanol–water partition coefficient (Wildman–Crippen LogP) is 5.39. The van der Waals surface area contributed by atoms with Crippen molar-refractivity contribution in [3.63, 3.8) is 0 Å². The zero-order valence-electron chi connectivity index (χ0n) is 12.9. The Hall–Kier alpha value is -1.59. The minimum atomic E-state index is -0.238. The zero-order valence-corrected chi connectivity index (χ0v) is 14.5. The molecule has 0 fully saturated rings. The number of aryl methyl sites for hydroxylation is 3. The second kappa shape index (κ2) is 6.26. The summed E-state index contributed by atoms with van der Waals surface area (Å²) in [6, 6.07) is 17.7. The number of nitriles is 1. The largest absolute Gasteiger partial charge is 0.198 e. The van der Waals surface area contributed by atoms with E-state index in [1.807, 2.05) is 0 Å². The minimum Gasteiger partial charge on any atom is -0.198 e. The summed E-state index contributed by atoms with van der Waals surface area (Å²) in [5.41, 5.74) is 5.18. The van der Waals surface area contributed by atoms with Crippen molar-refractivity contribution in [1.82, 2.24) is 0 Å². The molecule has 0 saturated heterocycles. The van der Waals surface area contributed by atoms with Gasteiger partial charge in [0, 0.05) is 4.47 Å². The van der Waals surface area contributed by atoms with Crippen molar-refractivity contribution in [2.24, 2.45) is 5.41 Å². The van der Waals surface area contributed by atoms with E-state index in [-0.39, 0.29) is 5.41 Å². The van der Waals surface area contributed by atoms with Crippen LogP contribution in [0.2, 0.25) is 0 Å². The third kappa shape index (κ3) is 3.10. The SMILES string of the molecule is Cc1cc(Br)ccc1CC1(C#N)CCc2ccccc2CC1. The van der Waals surface area contributed by atoms with Crippen LogP contribution < -0.4 is 0 Å². The molecule has 0 spiro atoms. The molecule has 1 nitrogen and oxygen atoms in total. The summed E-state index contributed by atoms with van der Waals surface area (Å²) in [4.78, 5) is 0. The number of halogens is 1. The van der Waals surface area contributed by atoms with Crippen molar-refractivity contribution in [3.8, 4) is 6.07 Å². The van der Waals surface area contributed by atoms with Crippen molar-refractivity contribution in [3.05, 3.63) is 69.2 Å². The average molecular weight is 354 g/mol. The molecule has 0 atom stereocenters. The molecule has 0 N–H and O–H groups in total. The number of fused-ring (bicyclic) bond motifs is 1.